The summed E-state index contributed by atoms with van der Waals surface area (Å²) in [6.45, 7) is 2.83. The van der Waals surface area contributed by atoms with Gasteiger partial charge in [-0.25, -0.2) is 0 Å². The summed E-state index contributed by atoms with van der Waals surface area (Å²) in [5, 5.41) is 3.14. The minimum atomic E-state index is -4.33. The molecule has 0 saturated carbocycles. The number of rotatable bonds is 2. The molecule has 0 bridgehead atoms. The Morgan fingerprint density at radius 2 is 1.75 bits per heavy atom. The number of amides is 1. The molecular formula is C14H15F3N2O. The Kier molecular flexibility index (Phi) is 4.44. The number of nitrogens with one attached hydrogen (secondary N) is 1. The van der Waals surface area contributed by atoms with Crippen molar-refractivity contribution >= 4 is 12.0 Å². The van der Waals surface area contributed by atoms with Crippen LogP contribution in [0.4, 0.5) is 13.2 Å². The minimum Gasteiger partial charge on any atom is -0.337 e. The predicted octanol–water partition coefficient (Wildman–Crippen LogP) is 2.15. The number of piperazine rings is 1. The van der Waals surface area contributed by atoms with Crippen molar-refractivity contribution in [3.63, 3.8) is 0 Å². The molecule has 3 nitrogen and oxygen atoms in total. The quantitative estimate of drug-likeness (QED) is 0.844. The second kappa shape index (κ2) is 6.09. The molecule has 1 aromatic carbocycles. The fourth-order valence-corrected chi connectivity index (χ4v) is 1.94. The van der Waals surface area contributed by atoms with Crippen molar-refractivity contribution in [2.45, 2.75) is 6.18 Å². The SMILES string of the molecule is O=C(/C=C/c1ccc(C(F)(F)F)cc1)N1CCNCC1. The van der Waals surface area contributed by atoms with Crippen molar-refractivity contribution in [2.24, 2.45) is 0 Å². The van der Waals surface area contributed by atoms with E-state index in [-0.39, 0.29) is 5.91 Å². The van der Waals surface area contributed by atoms with Crippen LogP contribution in [0.25, 0.3) is 6.08 Å². The fraction of sp³-hybridized carbons (Fsp3) is 0.357. The monoisotopic (exact) mass is 284 g/mol. The molecule has 20 heavy (non-hydrogen) atoms. The Morgan fingerprint density at radius 3 is 2.30 bits per heavy atom. The summed E-state index contributed by atoms with van der Waals surface area (Å²) in [4.78, 5) is 13.5. The standard InChI is InChI=1S/C14H15F3N2O/c15-14(16,17)12-4-1-11(2-5-12)3-6-13(20)19-9-7-18-8-10-19/h1-6,18H,7-10H2/b6-3+. The van der Waals surface area contributed by atoms with Crippen molar-refractivity contribution in [1.82, 2.24) is 10.2 Å². The highest BCUT2D eigenvalue weighted by Gasteiger charge is 2.29. The number of benzene rings is 1. The molecule has 1 fully saturated rings. The van der Waals surface area contributed by atoms with E-state index in [1.165, 1.54) is 24.3 Å². The number of alkyl halides is 3. The zero-order chi connectivity index (χ0) is 14.6. The third kappa shape index (κ3) is 3.84. The molecule has 1 N–H and O–H groups in total. The van der Waals surface area contributed by atoms with Gasteiger partial charge in [0, 0.05) is 32.3 Å². The lowest BCUT2D eigenvalue weighted by molar-refractivity contribution is -0.137. The van der Waals surface area contributed by atoms with Gasteiger partial charge in [0.15, 0.2) is 0 Å². The number of carbonyl (C=O) groups excluding carboxylic acids is 1. The molecule has 0 unspecified atom stereocenters. The highest BCUT2D eigenvalue weighted by atomic mass is 19.4. The van der Waals surface area contributed by atoms with E-state index >= 15 is 0 Å². The molecule has 1 amide bonds. The van der Waals surface area contributed by atoms with E-state index in [4.69, 9.17) is 0 Å². The topological polar surface area (TPSA) is 32.3 Å². The van der Waals surface area contributed by atoms with E-state index in [1.54, 1.807) is 4.90 Å². The molecular weight excluding hydrogens is 269 g/mol. The lowest BCUT2D eigenvalue weighted by atomic mass is 10.1. The molecule has 1 aliphatic rings. The van der Waals surface area contributed by atoms with Gasteiger partial charge in [-0.3, -0.25) is 4.79 Å². The summed E-state index contributed by atoms with van der Waals surface area (Å²) in [5.74, 6) is -0.119. The second-order valence-electron chi connectivity index (χ2n) is 4.53. The first kappa shape index (κ1) is 14.6. The van der Waals surface area contributed by atoms with Crippen LogP contribution in [0.1, 0.15) is 11.1 Å². The van der Waals surface area contributed by atoms with Crippen LogP contribution in [0, 0.1) is 0 Å². The highest BCUT2D eigenvalue weighted by Crippen LogP contribution is 2.29. The van der Waals surface area contributed by atoms with Crippen LogP contribution in [0.3, 0.4) is 0 Å². The van der Waals surface area contributed by atoms with E-state index < -0.39 is 11.7 Å². The molecule has 0 radical (unpaired) electrons. The van der Waals surface area contributed by atoms with Gasteiger partial charge in [-0.1, -0.05) is 12.1 Å². The van der Waals surface area contributed by atoms with Gasteiger partial charge in [0.1, 0.15) is 0 Å². The van der Waals surface area contributed by atoms with Crippen LogP contribution in [0.2, 0.25) is 0 Å². The first-order valence-corrected chi connectivity index (χ1v) is 6.32. The van der Waals surface area contributed by atoms with Gasteiger partial charge in [0.05, 0.1) is 5.56 Å². The smallest absolute Gasteiger partial charge is 0.337 e. The van der Waals surface area contributed by atoms with Gasteiger partial charge < -0.3 is 10.2 Å². The molecule has 1 aromatic rings. The minimum absolute atomic E-state index is 0.119. The average molecular weight is 284 g/mol. The number of nitrogens with zero attached hydrogens (tertiary/aromatic N) is 1. The normalized spacial score (nSPS) is 16.6. The largest absolute Gasteiger partial charge is 0.416 e. The predicted molar refractivity (Wildman–Crippen MR) is 69.9 cm³/mol. The average Bonchev–Trinajstić information content (AvgIpc) is 2.45. The third-order valence-electron chi connectivity index (χ3n) is 3.09. The van der Waals surface area contributed by atoms with E-state index in [0.717, 1.165) is 25.2 Å². The maximum Gasteiger partial charge on any atom is 0.416 e. The van der Waals surface area contributed by atoms with Gasteiger partial charge in [-0.15, -0.1) is 0 Å². The van der Waals surface area contributed by atoms with Crippen molar-refractivity contribution in [1.29, 1.82) is 0 Å². The lowest BCUT2D eigenvalue weighted by Gasteiger charge is -2.26. The first-order valence-electron chi connectivity index (χ1n) is 6.32. The van der Waals surface area contributed by atoms with Gasteiger partial charge in [-0.2, -0.15) is 13.2 Å². The van der Waals surface area contributed by atoms with Crippen LogP contribution in [0.15, 0.2) is 30.3 Å². The molecule has 6 heteroatoms. The second-order valence-corrected chi connectivity index (χ2v) is 4.53. The van der Waals surface area contributed by atoms with Crippen molar-refractivity contribution in [3.8, 4) is 0 Å². The van der Waals surface area contributed by atoms with E-state index in [9.17, 15) is 18.0 Å². The molecule has 2 rings (SSSR count). The van der Waals surface area contributed by atoms with Crippen molar-refractivity contribution in [3.05, 3.63) is 41.5 Å². The molecule has 1 aliphatic heterocycles. The molecule has 1 heterocycles. The zero-order valence-corrected chi connectivity index (χ0v) is 10.8. The van der Waals surface area contributed by atoms with Crippen molar-refractivity contribution < 1.29 is 18.0 Å². The van der Waals surface area contributed by atoms with Gasteiger partial charge in [-0.05, 0) is 23.8 Å². The first-order chi connectivity index (χ1) is 9.47. The Hall–Kier alpha value is -1.82. The van der Waals surface area contributed by atoms with E-state index in [1.807, 2.05) is 0 Å². The number of halogens is 3. The molecule has 108 valence electrons. The number of carbonyl (C=O) groups is 1. The Morgan fingerprint density at radius 1 is 1.15 bits per heavy atom. The summed E-state index contributed by atoms with van der Waals surface area (Å²) in [7, 11) is 0. The molecule has 0 aromatic heterocycles. The Bertz CT molecular complexity index is 488. The summed E-state index contributed by atoms with van der Waals surface area (Å²) in [6, 6.07) is 4.72. The van der Waals surface area contributed by atoms with Crippen LogP contribution in [-0.4, -0.2) is 37.0 Å². The third-order valence-corrected chi connectivity index (χ3v) is 3.09. The number of hydrogen-bond donors (Lipinski definition) is 1. The highest BCUT2D eigenvalue weighted by molar-refractivity contribution is 5.91. The van der Waals surface area contributed by atoms with E-state index in [0.29, 0.717) is 18.7 Å². The van der Waals surface area contributed by atoms with Gasteiger partial charge in [0.25, 0.3) is 0 Å². The van der Waals surface area contributed by atoms with Crippen molar-refractivity contribution in [2.75, 3.05) is 26.2 Å². The molecule has 0 aliphatic carbocycles. The maximum absolute atomic E-state index is 12.4. The van der Waals surface area contributed by atoms with Crippen LogP contribution >= 0.6 is 0 Å². The van der Waals surface area contributed by atoms with E-state index in [2.05, 4.69) is 5.32 Å². The Balaban J connectivity index is 1.98. The fourth-order valence-electron chi connectivity index (χ4n) is 1.94. The maximum atomic E-state index is 12.4. The van der Waals surface area contributed by atoms with Crippen LogP contribution < -0.4 is 5.32 Å². The summed E-state index contributed by atoms with van der Waals surface area (Å²) in [6.07, 6.45) is -1.41. The Labute approximate surface area is 115 Å². The number of hydrogen-bond acceptors (Lipinski definition) is 2. The van der Waals surface area contributed by atoms with Gasteiger partial charge >= 0.3 is 6.18 Å². The molecule has 1 saturated heterocycles. The van der Waals surface area contributed by atoms with Gasteiger partial charge in [0.2, 0.25) is 5.91 Å². The van der Waals surface area contributed by atoms with Crippen LogP contribution in [0.5, 0.6) is 0 Å². The van der Waals surface area contributed by atoms with Crippen LogP contribution in [-0.2, 0) is 11.0 Å². The zero-order valence-electron chi connectivity index (χ0n) is 10.8. The molecule has 0 spiro atoms. The summed E-state index contributed by atoms with van der Waals surface area (Å²) in [5.41, 5.74) is -0.121. The summed E-state index contributed by atoms with van der Waals surface area (Å²) < 4.78 is 37.2. The summed E-state index contributed by atoms with van der Waals surface area (Å²) >= 11 is 0. The molecule has 0 atom stereocenters. The lowest BCUT2D eigenvalue weighted by Crippen LogP contribution is -2.45.